The molecule has 1 aliphatic rings. The monoisotopic (exact) mass is 500 g/mol. The number of aromatic hydroxyl groups is 1. The second-order valence-corrected chi connectivity index (χ2v) is 9.31. The summed E-state index contributed by atoms with van der Waals surface area (Å²) in [5.41, 5.74) is 1.86. The van der Waals surface area contributed by atoms with E-state index in [2.05, 4.69) is 4.99 Å². The number of carbonyl (C=O) groups excluding carboxylic acids is 1. The number of aromatic nitrogens is 1. The van der Waals surface area contributed by atoms with E-state index in [1.807, 2.05) is 36.4 Å². The van der Waals surface area contributed by atoms with Gasteiger partial charge in [-0.25, -0.2) is 9.79 Å². The molecule has 1 aromatic heterocycles. The average Bonchev–Trinajstić information content (AvgIpc) is 3.16. The summed E-state index contributed by atoms with van der Waals surface area (Å²) >= 11 is 1.23. The standard InChI is InChI=1S/C28H24N2O5S/c1-4-35-27(33)23-16(2)29-28-30(26(32)22(36-28)15-17-8-7-10-19(31)14-17)25(23)24-20-11-6-5-9-18(20)12-13-21(24)34-3/h5-15,25,31H,4H2,1-3H3/b22-15-/t25-/m0/s1. The van der Waals surface area contributed by atoms with Crippen molar-refractivity contribution in [3.63, 3.8) is 0 Å². The van der Waals surface area contributed by atoms with E-state index in [-0.39, 0.29) is 17.9 Å². The van der Waals surface area contributed by atoms with Gasteiger partial charge in [0.2, 0.25) is 0 Å². The summed E-state index contributed by atoms with van der Waals surface area (Å²) < 4.78 is 13.1. The Bertz CT molecular complexity index is 1710. The zero-order valence-corrected chi connectivity index (χ0v) is 20.8. The predicted octanol–water partition coefficient (Wildman–Crippen LogP) is 3.67. The van der Waals surface area contributed by atoms with E-state index in [0.717, 1.165) is 10.8 Å². The minimum absolute atomic E-state index is 0.107. The molecule has 182 valence electrons. The minimum atomic E-state index is -0.798. The molecular formula is C28H24N2O5S. The highest BCUT2D eigenvalue weighted by Gasteiger charge is 2.36. The van der Waals surface area contributed by atoms with E-state index in [9.17, 15) is 14.7 Å². The van der Waals surface area contributed by atoms with Gasteiger partial charge in [0, 0.05) is 5.56 Å². The van der Waals surface area contributed by atoms with Gasteiger partial charge in [-0.1, -0.05) is 53.8 Å². The van der Waals surface area contributed by atoms with Crippen LogP contribution in [-0.4, -0.2) is 29.4 Å². The molecule has 4 aromatic rings. The molecule has 5 rings (SSSR count). The lowest BCUT2D eigenvalue weighted by Gasteiger charge is -2.27. The average molecular weight is 501 g/mol. The number of rotatable bonds is 5. The number of phenols is 1. The van der Waals surface area contributed by atoms with Gasteiger partial charge in [0.05, 0.1) is 29.5 Å². The van der Waals surface area contributed by atoms with Crippen LogP contribution in [0.25, 0.3) is 16.8 Å². The molecular weight excluding hydrogens is 476 g/mol. The molecule has 2 heterocycles. The van der Waals surface area contributed by atoms with Crippen LogP contribution in [0.3, 0.4) is 0 Å². The fraction of sp³-hybridized carbons (Fsp3) is 0.179. The molecule has 0 radical (unpaired) electrons. The van der Waals surface area contributed by atoms with E-state index >= 15 is 0 Å². The van der Waals surface area contributed by atoms with Gasteiger partial charge in [-0.2, -0.15) is 0 Å². The number of carbonyl (C=O) groups is 1. The number of ether oxygens (including phenoxy) is 2. The fourth-order valence-electron chi connectivity index (χ4n) is 4.57. The van der Waals surface area contributed by atoms with Crippen LogP contribution in [0.5, 0.6) is 11.5 Å². The summed E-state index contributed by atoms with van der Waals surface area (Å²) in [6.45, 7) is 3.69. The molecule has 3 aromatic carbocycles. The molecule has 8 heteroatoms. The number of methoxy groups -OCH3 is 1. The van der Waals surface area contributed by atoms with Crippen molar-refractivity contribution < 1.29 is 19.4 Å². The molecule has 1 N–H and O–H groups in total. The Kier molecular flexibility index (Phi) is 6.20. The van der Waals surface area contributed by atoms with E-state index in [1.165, 1.54) is 11.3 Å². The molecule has 0 spiro atoms. The van der Waals surface area contributed by atoms with Gasteiger partial charge in [0.25, 0.3) is 5.56 Å². The molecule has 0 amide bonds. The van der Waals surface area contributed by atoms with Crippen molar-refractivity contribution in [3.8, 4) is 11.5 Å². The number of allylic oxidation sites excluding steroid dienone is 1. The Morgan fingerprint density at radius 1 is 1.17 bits per heavy atom. The third-order valence-electron chi connectivity index (χ3n) is 6.11. The van der Waals surface area contributed by atoms with E-state index < -0.39 is 12.0 Å². The van der Waals surface area contributed by atoms with E-state index in [0.29, 0.717) is 37.5 Å². The molecule has 0 saturated carbocycles. The lowest BCUT2D eigenvalue weighted by molar-refractivity contribution is -0.139. The highest BCUT2D eigenvalue weighted by molar-refractivity contribution is 7.07. The molecule has 36 heavy (non-hydrogen) atoms. The third kappa shape index (κ3) is 3.99. The summed E-state index contributed by atoms with van der Waals surface area (Å²) in [6, 6.07) is 17.4. The fourth-order valence-corrected chi connectivity index (χ4v) is 5.61. The Labute approximate surface area is 210 Å². The van der Waals surface area contributed by atoms with Crippen LogP contribution in [0.15, 0.2) is 81.7 Å². The molecule has 1 aliphatic heterocycles. The first-order valence-corrected chi connectivity index (χ1v) is 12.3. The highest BCUT2D eigenvalue weighted by Crippen LogP contribution is 2.40. The van der Waals surface area contributed by atoms with Crippen LogP contribution in [0.4, 0.5) is 0 Å². The molecule has 0 fully saturated rings. The normalized spacial score (nSPS) is 15.5. The Morgan fingerprint density at radius 2 is 1.97 bits per heavy atom. The molecule has 0 bridgehead atoms. The van der Waals surface area contributed by atoms with Crippen molar-refractivity contribution in [2.45, 2.75) is 19.9 Å². The van der Waals surface area contributed by atoms with Gasteiger partial charge >= 0.3 is 5.97 Å². The number of nitrogens with zero attached hydrogens (tertiary/aromatic N) is 2. The lowest BCUT2D eigenvalue weighted by Crippen LogP contribution is -2.40. The zero-order valence-electron chi connectivity index (χ0n) is 20.0. The van der Waals surface area contributed by atoms with Crippen molar-refractivity contribution >= 4 is 34.2 Å². The van der Waals surface area contributed by atoms with Gasteiger partial charge < -0.3 is 14.6 Å². The summed E-state index contributed by atoms with van der Waals surface area (Å²) in [5.74, 6) is 0.133. The smallest absolute Gasteiger partial charge is 0.338 e. The first-order chi connectivity index (χ1) is 17.4. The quantitative estimate of drug-likeness (QED) is 0.423. The molecule has 1 atom stereocenters. The van der Waals surface area contributed by atoms with Gasteiger partial charge in [-0.3, -0.25) is 9.36 Å². The number of phenolic OH excluding ortho intramolecular Hbond substituents is 1. The molecule has 0 unspecified atom stereocenters. The molecule has 0 saturated heterocycles. The first kappa shape index (κ1) is 23.6. The van der Waals surface area contributed by atoms with Crippen LogP contribution in [-0.2, 0) is 9.53 Å². The topological polar surface area (TPSA) is 90.1 Å². The van der Waals surface area contributed by atoms with Crippen LogP contribution >= 0.6 is 11.3 Å². The third-order valence-corrected chi connectivity index (χ3v) is 7.09. The second kappa shape index (κ2) is 9.47. The number of hydrogen-bond acceptors (Lipinski definition) is 7. The van der Waals surface area contributed by atoms with E-state index in [1.54, 1.807) is 55.9 Å². The van der Waals surface area contributed by atoms with E-state index in [4.69, 9.17) is 9.47 Å². The first-order valence-electron chi connectivity index (χ1n) is 11.5. The lowest BCUT2D eigenvalue weighted by atomic mass is 9.90. The maximum atomic E-state index is 13.9. The summed E-state index contributed by atoms with van der Waals surface area (Å²) in [7, 11) is 1.57. The Hall–Kier alpha value is -4.17. The maximum Gasteiger partial charge on any atom is 0.338 e. The summed E-state index contributed by atoms with van der Waals surface area (Å²) in [4.78, 5) is 32.2. The van der Waals surface area contributed by atoms with Crippen LogP contribution < -0.4 is 19.6 Å². The molecule has 7 nitrogen and oxygen atoms in total. The van der Waals surface area contributed by atoms with Gasteiger partial charge in [0.15, 0.2) is 4.80 Å². The number of esters is 1. The Morgan fingerprint density at radius 3 is 2.72 bits per heavy atom. The number of benzene rings is 3. The number of thiazole rings is 1. The highest BCUT2D eigenvalue weighted by atomic mass is 32.1. The van der Waals surface area contributed by atoms with Crippen molar-refractivity contribution in [2.24, 2.45) is 4.99 Å². The van der Waals surface area contributed by atoms with Crippen LogP contribution in [0.1, 0.15) is 31.0 Å². The minimum Gasteiger partial charge on any atom is -0.508 e. The van der Waals surface area contributed by atoms with Crippen LogP contribution in [0, 0.1) is 0 Å². The van der Waals surface area contributed by atoms with Gasteiger partial charge in [-0.15, -0.1) is 0 Å². The van der Waals surface area contributed by atoms with Crippen molar-refractivity contribution in [2.75, 3.05) is 13.7 Å². The second-order valence-electron chi connectivity index (χ2n) is 8.30. The number of hydrogen-bond donors (Lipinski definition) is 1. The summed E-state index contributed by atoms with van der Waals surface area (Å²) in [6.07, 6.45) is 1.71. The predicted molar refractivity (Wildman–Crippen MR) is 139 cm³/mol. The largest absolute Gasteiger partial charge is 0.508 e. The maximum absolute atomic E-state index is 13.9. The zero-order chi connectivity index (χ0) is 25.4. The SMILES string of the molecule is CCOC(=O)C1=C(C)N=c2s/c(=C\c3cccc(O)c3)c(=O)n2[C@@H]1c1c(OC)ccc2ccccc12. The van der Waals surface area contributed by atoms with Crippen molar-refractivity contribution in [3.05, 3.63) is 103 Å². The van der Waals surface area contributed by atoms with Gasteiger partial charge in [-0.05, 0) is 54.5 Å². The Balaban J connectivity index is 1.86. The van der Waals surface area contributed by atoms with Crippen molar-refractivity contribution in [1.29, 1.82) is 0 Å². The van der Waals surface area contributed by atoms with Crippen molar-refractivity contribution in [1.82, 2.24) is 4.57 Å². The van der Waals surface area contributed by atoms with Gasteiger partial charge in [0.1, 0.15) is 17.5 Å². The summed E-state index contributed by atoms with van der Waals surface area (Å²) in [5, 5.41) is 11.7. The number of fused-ring (bicyclic) bond motifs is 2. The van der Waals surface area contributed by atoms with Crippen LogP contribution in [0.2, 0.25) is 0 Å². The molecule has 0 aliphatic carbocycles.